The monoisotopic (exact) mass is 486 g/mol. The Hall–Kier alpha value is -4.30. The van der Waals surface area contributed by atoms with Gasteiger partial charge >= 0.3 is 0 Å². The fourth-order valence-electron chi connectivity index (χ4n) is 7.97. The molecule has 2 aromatic heterocycles. The van der Waals surface area contributed by atoms with Gasteiger partial charge in [0, 0.05) is 35.9 Å². The fraction of sp³-hybridized carbons (Fsp3) is 0.167. The first-order valence-electron chi connectivity index (χ1n) is 13.9. The highest BCUT2D eigenvalue weighted by molar-refractivity contribution is 6.17. The van der Waals surface area contributed by atoms with Gasteiger partial charge in [0.2, 0.25) is 0 Å². The highest BCUT2D eigenvalue weighted by Gasteiger charge is 2.36. The van der Waals surface area contributed by atoms with Crippen molar-refractivity contribution in [2.24, 2.45) is 0 Å². The van der Waals surface area contributed by atoms with Gasteiger partial charge in [-0.3, -0.25) is 9.97 Å². The Morgan fingerprint density at radius 3 is 1.47 bits per heavy atom. The highest BCUT2D eigenvalue weighted by Crippen LogP contribution is 2.57. The van der Waals surface area contributed by atoms with Crippen molar-refractivity contribution in [3.05, 3.63) is 109 Å². The van der Waals surface area contributed by atoms with Gasteiger partial charge < -0.3 is 0 Å². The second kappa shape index (κ2) is 7.61. The van der Waals surface area contributed by atoms with Crippen molar-refractivity contribution in [1.82, 2.24) is 9.97 Å². The molecule has 4 aromatic carbocycles. The van der Waals surface area contributed by atoms with Crippen molar-refractivity contribution < 1.29 is 0 Å². The second-order valence-corrected chi connectivity index (χ2v) is 11.2. The van der Waals surface area contributed by atoms with E-state index in [2.05, 4.69) is 95.2 Å². The van der Waals surface area contributed by atoms with E-state index >= 15 is 0 Å². The molecule has 0 radical (unpaired) electrons. The smallest absolute Gasteiger partial charge is 0.0352 e. The minimum Gasteiger partial charge on any atom is -0.264 e. The van der Waals surface area contributed by atoms with Crippen LogP contribution in [0.4, 0.5) is 0 Å². The highest BCUT2D eigenvalue weighted by atomic mass is 14.6. The van der Waals surface area contributed by atoms with Crippen molar-refractivity contribution in [2.75, 3.05) is 0 Å². The number of rotatable bonds is 2. The van der Waals surface area contributed by atoms with Crippen molar-refractivity contribution in [2.45, 2.75) is 37.5 Å². The van der Waals surface area contributed by atoms with Crippen LogP contribution in [-0.2, 0) is 0 Å². The molecular formula is C36H26N2. The van der Waals surface area contributed by atoms with Crippen molar-refractivity contribution in [1.29, 1.82) is 0 Å². The predicted octanol–water partition coefficient (Wildman–Crippen LogP) is 9.52. The van der Waals surface area contributed by atoms with E-state index in [0.717, 1.165) is 0 Å². The molecule has 0 aliphatic heterocycles. The molecule has 6 aromatic rings. The van der Waals surface area contributed by atoms with Crippen molar-refractivity contribution >= 4 is 21.5 Å². The van der Waals surface area contributed by atoms with Crippen LogP contribution in [0.5, 0.6) is 0 Å². The lowest BCUT2D eigenvalue weighted by Gasteiger charge is -2.35. The maximum atomic E-state index is 4.50. The Balaban J connectivity index is 1.30. The maximum Gasteiger partial charge on any atom is 0.0352 e. The first-order valence-corrected chi connectivity index (χ1v) is 13.9. The first kappa shape index (κ1) is 20.7. The Kier molecular flexibility index (Phi) is 4.15. The normalized spacial score (nSPS) is 18.6. The quantitative estimate of drug-likeness (QED) is 0.243. The molecule has 180 valence electrons. The molecular weight excluding hydrogens is 460 g/mol. The maximum absolute atomic E-state index is 4.50. The third kappa shape index (κ3) is 2.62. The average Bonchev–Trinajstić information content (AvgIpc) is 3.50. The summed E-state index contributed by atoms with van der Waals surface area (Å²) < 4.78 is 0. The number of aromatic nitrogens is 2. The van der Waals surface area contributed by atoms with Crippen LogP contribution in [0.25, 0.3) is 66.1 Å². The van der Waals surface area contributed by atoms with E-state index in [9.17, 15) is 0 Å². The Labute approximate surface area is 222 Å². The van der Waals surface area contributed by atoms with Gasteiger partial charge in [-0.1, -0.05) is 73.5 Å². The number of pyridine rings is 2. The van der Waals surface area contributed by atoms with E-state index in [1.165, 1.54) is 103 Å². The summed E-state index contributed by atoms with van der Waals surface area (Å²) >= 11 is 0. The van der Waals surface area contributed by atoms with Crippen LogP contribution in [0.3, 0.4) is 0 Å². The van der Waals surface area contributed by atoms with Crippen LogP contribution >= 0.6 is 0 Å². The van der Waals surface area contributed by atoms with Crippen LogP contribution < -0.4 is 0 Å². The van der Waals surface area contributed by atoms with E-state index in [1.807, 2.05) is 12.4 Å². The van der Waals surface area contributed by atoms with Gasteiger partial charge in [0.15, 0.2) is 0 Å². The van der Waals surface area contributed by atoms with Crippen LogP contribution in [0.2, 0.25) is 0 Å². The number of hydrogen-bond donors (Lipinski definition) is 0. The van der Waals surface area contributed by atoms with Gasteiger partial charge in [-0.15, -0.1) is 0 Å². The van der Waals surface area contributed by atoms with Gasteiger partial charge in [-0.05, 0) is 103 Å². The second-order valence-electron chi connectivity index (χ2n) is 11.2. The SMILES string of the molecule is c1cc2c3c(c(C4CCCCC4c4ccc5cccc6c5c4-c4ccncc4-6)ccc3c1)-c1ccncc1-2. The lowest BCUT2D eigenvalue weighted by molar-refractivity contribution is 0.388. The van der Waals surface area contributed by atoms with Crippen molar-refractivity contribution in [3.63, 3.8) is 0 Å². The summed E-state index contributed by atoms with van der Waals surface area (Å²) in [5.41, 5.74) is 13.9. The molecule has 1 fully saturated rings. The molecule has 2 heterocycles. The topological polar surface area (TPSA) is 25.8 Å². The molecule has 38 heavy (non-hydrogen) atoms. The Morgan fingerprint density at radius 2 is 0.974 bits per heavy atom. The number of nitrogens with zero attached hydrogens (tertiary/aromatic N) is 2. The summed E-state index contributed by atoms with van der Waals surface area (Å²) in [6, 6.07) is 27.5. The molecule has 0 spiro atoms. The van der Waals surface area contributed by atoms with Crippen LogP contribution in [-0.4, -0.2) is 9.97 Å². The molecule has 0 N–H and O–H groups in total. The molecule has 2 atom stereocenters. The summed E-state index contributed by atoms with van der Waals surface area (Å²) in [5.74, 6) is 0.976. The molecule has 3 aliphatic carbocycles. The summed E-state index contributed by atoms with van der Waals surface area (Å²) in [4.78, 5) is 9.01. The molecule has 2 unspecified atom stereocenters. The zero-order valence-electron chi connectivity index (χ0n) is 21.1. The first-order chi connectivity index (χ1) is 18.9. The number of benzene rings is 4. The van der Waals surface area contributed by atoms with E-state index in [-0.39, 0.29) is 0 Å². The van der Waals surface area contributed by atoms with Crippen LogP contribution in [0, 0.1) is 0 Å². The van der Waals surface area contributed by atoms with Crippen molar-refractivity contribution in [3.8, 4) is 44.5 Å². The van der Waals surface area contributed by atoms with Crippen LogP contribution in [0.1, 0.15) is 48.6 Å². The molecule has 2 heteroatoms. The number of fused-ring (bicyclic) bond motifs is 6. The van der Waals surface area contributed by atoms with Gasteiger partial charge in [-0.2, -0.15) is 0 Å². The van der Waals surface area contributed by atoms with Gasteiger partial charge in [-0.25, -0.2) is 0 Å². The zero-order chi connectivity index (χ0) is 24.8. The molecule has 2 nitrogen and oxygen atoms in total. The van der Waals surface area contributed by atoms with E-state index < -0.39 is 0 Å². The largest absolute Gasteiger partial charge is 0.264 e. The predicted molar refractivity (Wildman–Crippen MR) is 156 cm³/mol. The minimum absolute atomic E-state index is 0.488. The molecule has 0 bridgehead atoms. The van der Waals surface area contributed by atoms with Crippen LogP contribution in [0.15, 0.2) is 97.6 Å². The fourth-order valence-corrected chi connectivity index (χ4v) is 7.97. The van der Waals surface area contributed by atoms with E-state index in [1.54, 1.807) is 0 Å². The van der Waals surface area contributed by atoms with E-state index in [0.29, 0.717) is 11.8 Å². The standard InChI is InChI=1S/C36H26N2/c1-2-8-24(28-14-12-22-6-4-10-26-32-20-38-18-16-30(32)36(28)34(22)26)23(7-1)27-13-11-21-5-3-9-25-31-19-37-17-15-29(31)35(27)33(21)25/h3-6,9-20,23-24H,1-2,7-8H2. The third-order valence-electron chi connectivity index (χ3n) is 9.48. The lowest BCUT2D eigenvalue weighted by Crippen LogP contribution is -2.17. The average molecular weight is 487 g/mol. The summed E-state index contributed by atoms with van der Waals surface area (Å²) in [7, 11) is 0. The lowest BCUT2D eigenvalue weighted by atomic mass is 9.69. The van der Waals surface area contributed by atoms with E-state index in [4.69, 9.17) is 0 Å². The summed E-state index contributed by atoms with van der Waals surface area (Å²) in [6.07, 6.45) is 13.1. The molecule has 0 saturated heterocycles. The molecule has 1 saturated carbocycles. The summed E-state index contributed by atoms with van der Waals surface area (Å²) in [6.45, 7) is 0. The third-order valence-corrected chi connectivity index (χ3v) is 9.48. The minimum atomic E-state index is 0.488. The molecule has 9 rings (SSSR count). The summed E-state index contributed by atoms with van der Waals surface area (Å²) in [5, 5.41) is 5.50. The molecule has 0 amide bonds. The van der Waals surface area contributed by atoms with Gasteiger partial charge in [0.1, 0.15) is 0 Å². The Morgan fingerprint density at radius 1 is 0.474 bits per heavy atom. The molecule has 3 aliphatic rings. The number of hydrogen-bond acceptors (Lipinski definition) is 2. The zero-order valence-corrected chi connectivity index (χ0v) is 21.1. The van der Waals surface area contributed by atoms with Gasteiger partial charge in [0.05, 0.1) is 0 Å². The Bertz CT molecular complexity index is 1810. The van der Waals surface area contributed by atoms with Gasteiger partial charge in [0.25, 0.3) is 0 Å².